The maximum atomic E-state index is 13.1. The molecule has 0 aliphatic carbocycles. The maximum absolute atomic E-state index is 13.1. The molecule has 1 fully saturated rings. The van der Waals surface area contributed by atoms with Crippen molar-refractivity contribution in [2.75, 3.05) is 57.2 Å². The number of methoxy groups -OCH3 is 2. The van der Waals surface area contributed by atoms with Crippen LogP contribution in [0.3, 0.4) is 0 Å². The van der Waals surface area contributed by atoms with Crippen LogP contribution >= 0.6 is 11.3 Å². The van der Waals surface area contributed by atoms with Crippen molar-refractivity contribution in [1.82, 2.24) is 9.88 Å². The van der Waals surface area contributed by atoms with Crippen molar-refractivity contribution < 1.29 is 14.3 Å². The van der Waals surface area contributed by atoms with Crippen molar-refractivity contribution >= 4 is 28.6 Å². The molecular weight excluding hydrogens is 448 g/mol. The number of likely N-dealkylation sites (N-methyl/N-ethyl adjacent to an activating group) is 1. The number of hydrogen-bond acceptors (Lipinski definition) is 7. The fraction of sp³-hybridized carbons (Fsp3) is 0.385. The van der Waals surface area contributed by atoms with Crippen molar-refractivity contribution in [2.24, 2.45) is 0 Å². The van der Waals surface area contributed by atoms with Crippen LogP contribution in [-0.4, -0.2) is 62.7 Å². The molecule has 4 rings (SSSR count). The average Bonchev–Trinajstić information content (AvgIpc) is 3.25. The van der Waals surface area contributed by atoms with Gasteiger partial charge in [-0.1, -0.05) is 6.92 Å². The van der Waals surface area contributed by atoms with Crippen LogP contribution in [-0.2, 0) is 0 Å². The number of piperazine rings is 1. The highest BCUT2D eigenvalue weighted by Gasteiger charge is 2.20. The largest absolute Gasteiger partial charge is 0.493 e. The third kappa shape index (κ3) is 5.03. The van der Waals surface area contributed by atoms with Crippen molar-refractivity contribution in [1.29, 1.82) is 0 Å². The van der Waals surface area contributed by atoms with Crippen LogP contribution in [0.2, 0.25) is 0 Å². The molecule has 180 valence electrons. The summed E-state index contributed by atoms with van der Waals surface area (Å²) in [5.41, 5.74) is 4.77. The van der Waals surface area contributed by atoms with Gasteiger partial charge in [0.05, 0.1) is 19.9 Å². The molecule has 7 nitrogen and oxygen atoms in total. The lowest BCUT2D eigenvalue weighted by atomic mass is 10.1. The molecule has 0 bridgehead atoms. The van der Waals surface area contributed by atoms with Gasteiger partial charge < -0.3 is 24.6 Å². The number of benzene rings is 2. The van der Waals surface area contributed by atoms with Crippen LogP contribution in [0.1, 0.15) is 27.9 Å². The normalized spacial score (nSPS) is 14.2. The van der Waals surface area contributed by atoms with Crippen molar-refractivity contribution in [3.8, 4) is 22.1 Å². The van der Waals surface area contributed by atoms with Gasteiger partial charge in [-0.2, -0.15) is 0 Å². The molecule has 3 aromatic rings. The summed E-state index contributed by atoms with van der Waals surface area (Å²) < 4.78 is 10.7. The van der Waals surface area contributed by atoms with Gasteiger partial charge in [0.1, 0.15) is 9.88 Å². The van der Waals surface area contributed by atoms with Gasteiger partial charge in [-0.15, -0.1) is 11.3 Å². The molecular formula is C26H32N4O3S. The number of anilines is 2. The molecule has 1 amide bonds. The van der Waals surface area contributed by atoms with Gasteiger partial charge in [0.25, 0.3) is 5.91 Å². The van der Waals surface area contributed by atoms with Gasteiger partial charge in [0.2, 0.25) is 0 Å². The molecule has 0 unspecified atom stereocenters. The van der Waals surface area contributed by atoms with E-state index >= 15 is 0 Å². The van der Waals surface area contributed by atoms with Crippen LogP contribution in [0.4, 0.5) is 11.4 Å². The standard InChI is InChI=1S/C26H32N4O3S/c1-6-29-11-13-30(14-12-29)21-9-8-20(15-17(21)2)28-25(31)24-18(3)27-26(34-24)19-7-10-22(32-4)23(16-19)33-5/h7-10,15-16H,6,11-14H2,1-5H3,(H,28,31). The summed E-state index contributed by atoms with van der Waals surface area (Å²) in [7, 11) is 3.21. The Labute approximate surface area is 205 Å². The second kappa shape index (κ2) is 10.4. The number of aryl methyl sites for hydroxylation is 2. The van der Waals surface area contributed by atoms with Crippen molar-refractivity contribution in [3.63, 3.8) is 0 Å². The fourth-order valence-electron chi connectivity index (χ4n) is 4.28. The van der Waals surface area contributed by atoms with E-state index < -0.39 is 0 Å². The lowest BCUT2D eigenvalue weighted by molar-refractivity contribution is 0.103. The Bertz CT molecular complexity index is 1170. The molecule has 1 aliphatic heterocycles. The summed E-state index contributed by atoms with van der Waals surface area (Å²) in [6, 6.07) is 11.8. The molecule has 0 radical (unpaired) electrons. The zero-order valence-electron chi connectivity index (χ0n) is 20.5. The molecule has 0 atom stereocenters. The van der Waals surface area contributed by atoms with Gasteiger partial charge in [0, 0.05) is 43.1 Å². The number of carbonyl (C=O) groups excluding carboxylic acids is 1. The van der Waals surface area contributed by atoms with E-state index in [1.54, 1.807) is 14.2 Å². The summed E-state index contributed by atoms with van der Waals surface area (Å²) in [5.74, 6) is 1.14. The highest BCUT2D eigenvalue weighted by molar-refractivity contribution is 7.17. The minimum atomic E-state index is -0.148. The van der Waals surface area contributed by atoms with Gasteiger partial charge in [-0.3, -0.25) is 4.79 Å². The highest BCUT2D eigenvalue weighted by atomic mass is 32.1. The number of thiazole rings is 1. The Balaban J connectivity index is 1.48. The maximum Gasteiger partial charge on any atom is 0.267 e. The van der Waals surface area contributed by atoms with Gasteiger partial charge in [0.15, 0.2) is 11.5 Å². The summed E-state index contributed by atoms with van der Waals surface area (Å²) in [6.07, 6.45) is 0. The van der Waals surface area contributed by atoms with E-state index in [1.807, 2.05) is 37.3 Å². The third-order valence-corrected chi connectivity index (χ3v) is 7.45. The third-order valence-electron chi connectivity index (χ3n) is 6.25. The Morgan fingerprint density at radius 3 is 2.41 bits per heavy atom. The van der Waals surface area contributed by atoms with E-state index in [0.29, 0.717) is 22.1 Å². The Hall–Kier alpha value is -3.10. The Kier molecular flexibility index (Phi) is 7.38. The number of hydrogen-bond donors (Lipinski definition) is 1. The van der Waals surface area contributed by atoms with Gasteiger partial charge in [-0.05, 0) is 62.4 Å². The van der Waals surface area contributed by atoms with Crippen molar-refractivity contribution in [3.05, 3.63) is 52.5 Å². The van der Waals surface area contributed by atoms with Crippen LogP contribution in [0.15, 0.2) is 36.4 Å². The number of aromatic nitrogens is 1. The van der Waals surface area contributed by atoms with E-state index in [4.69, 9.17) is 9.47 Å². The topological polar surface area (TPSA) is 66.9 Å². The smallest absolute Gasteiger partial charge is 0.267 e. The Morgan fingerprint density at radius 2 is 1.76 bits per heavy atom. The average molecular weight is 481 g/mol. The predicted molar refractivity (Wildman–Crippen MR) is 139 cm³/mol. The van der Waals surface area contributed by atoms with Gasteiger partial charge >= 0.3 is 0 Å². The monoisotopic (exact) mass is 480 g/mol. The first-order chi connectivity index (χ1) is 16.4. The molecule has 1 aromatic heterocycles. The van der Waals surface area contributed by atoms with Crippen LogP contribution in [0.5, 0.6) is 11.5 Å². The number of nitrogens with zero attached hydrogens (tertiary/aromatic N) is 3. The fourth-order valence-corrected chi connectivity index (χ4v) is 5.24. The predicted octanol–water partition coefficient (Wildman–Crippen LogP) is 4.84. The lowest BCUT2D eigenvalue weighted by Crippen LogP contribution is -2.46. The number of ether oxygens (including phenoxy) is 2. The molecule has 8 heteroatoms. The summed E-state index contributed by atoms with van der Waals surface area (Å²) in [4.78, 5) is 23.2. The Morgan fingerprint density at radius 1 is 1.03 bits per heavy atom. The molecule has 1 saturated heterocycles. The van der Waals surface area contributed by atoms with Crippen LogP contribution in [0.25, 0.3) is 10.6 Å². The zero-order chi connectivity index (χ0) is 24.2. The summed E-state index contributed by atoms with van der Waals surface area (Å²) in [5, 5.41) is 3.82. The van der Waals surface area contributed by atoms with E-state index in [0.717, 1.165) is 54.5 Å². The zero-order valence-corrected chi connectivity index (χ0v) is 21.3. The van der Waals surface area contributed by atoms with Gasteiger partial charge in [-0.25, -0.2) is 4.98 Å². The number of carbonyl (C=O) groups is 1. The summed E-state index contributed by atoms with van der Waals surface area (Å²) in [6.45, 7) is 11.5. The molecule has 34 heavy (non-hydrogen) atoms. The minimum absolute atomic E-state index is 0.148. The van der Waals surface area contributed by atoms with E-state index in [1.165, 1.54) is 17.0 Å². The molecule has 0 spiro atoms. The van der Waals surface area contributed by atoms with E-state index in [9.17, 15) is 4.79 Å². The molecule has 0 saturated carbocycles. The number of amides is 1. The number of rotatable bonds is 7. The molecule has 1 N–H and O–H groups in total. The first-order valence-electron chi connectivity index (χ1n) is 11.5. The summed E-state index contributed by atoms with van der Waals surface area (Å²) >= 11 is 1.37. The second-order valence-electron chi connectivity index (χ2n) is 8.38. The first kappa shape index (κ1) is 24.0. The van der Waals surface area contributed by atoms with Crippen LogP contribution in [0, 0.1) is 13.8 Å². The van der Waals surface area contributed by atoms with Crippen molar-refractivity contribution in [2.45, 2.75) is 20.8 Å². The molecule has 2 aromatic carbocycles. The quantitative estimate of drug-likeness (QED) is 0.522. The lowest BCUT2D eigenvalue weighted by Gasteiger charge is -2.36. The molecule has 2 heterocycles. The highest BCUT2D eigenvalue weighted by Crippen LogP contribution is 2.35. The number of nitrogens with one attached hydrogen (secondary N) is 1. The van der Waals surface area contributed by atoms with Crippen LogP contribution < -0.4 is 19.7 Å². The minimum Gasteiger partial charge on any atom is -0.493 e. The van der Waals surface area contributed by atoms with E-state index in [-0.39, 0.29) is 5.91 Å². The second-order valence-corrected chi connectivity index (χ2v) is 9.38. The SMILES string of the molecule is CCN1CCN(c2ccc(NC(=O)c3sc(-c4ccc(OC)c(OC)c4)nc3C)cc2C)CC1. The molecule has 1 aliphatic rings. The first-order valence-corrected chi connectivity index (χ1v) is 12.3. The van der Waals surface area contributed by atoms with E-state index in [2.05, 4.69) is 40.0 Å².